The Morgan fingerprint density at radius 2 is 1.86 bits per heavy atom. The first-order valence-corrected chi connectivity index (χ1v) is 7.43. The van der Waals surface area contributed by atoms with Gasteiger partial charge in [0.1, 0.15) is 12.0 Å². The molecule has 0 spiro atoms. The van der Waals surface area contributed by atoms with Crippen LogP contribution in [0.25, 0.3) is 12.3 Å². The fourth-order valence-electron chi connectivity index (χ4n) is 2.90. The van der Waals surface area contributed by atoms with Gasteiger partial charge >= 0.3 is 0 Å². The Labute approximate surface area is 128 Å². The van der Waals surface area contributed by atoms with E-state index in [2.05, 4.69) is 16.0 Å². The Kier molecular flexibility index (Phi) is 3.29. The predicted molar refractivity (Wildman–Crippen MR) is 84.2 cm³/mol. The molecule has 1 saturated heterocycles. The topological polar surface area (TPSA) is 48.8 Å². The first kappa shape index (κ1) is 13.3. The van der Waals surface area contributed by atoms with Crippen molar-refractivity contribution in [1.29, 1.82) is 0 Å². The van der Waals surface area contributed by atoms with Crippen LogP contribution < -0.4 is 20.2 Å². The largest absolute Gasteiger partial charge is 0.464 e. The van der Waals surface area contributed by atoms with Gasteiger partial charge in [0.15, 0.2) is 0 Å². The first-order chi connectivity index (χ1) is 10.8. The fraction of sp³-hybridized carbons (Fsp3) is 0.235. The molecule has 1 fully saturated rings. The van der Waals surface area contributed by atoms with Gasteiger partial charge in [-0.3, -0.25) is 4.98 Å². The second-order valence-corrected chi connectivity index (χ2v) is 5.49. The third-order valence-electron chi connectivity index (χ3n) is 4.11. The van der Waals surface area contributed by atoms with Gasteiger partial charge in [0.05, 0.1) is 16.3 Å². The van der Waals surface area contributed by atoms with Crippen LogP contribution in [0.15, 0.2) is 36.5 Å². The summed E-state index contributed by atoms with van der Waals surface area (Å²) >= 11 is 0. The Balaban J connectivity index is 1.82. The lowest BCUT2D eigenvalue weighted by Crippen LogP contribution is -2.48. The summed E-state index contributed by atoms with van der Waals surface area (Å²) in [6.45, 7) is 2.85. The summed E-state index contributed by atoms with van der Waals surface area (Å²) in [5.74, 6) is 0.839. The van der Waals surface area contributed by atoms with Crippen molar-refractivity contribution in [3.8, 4) is 5.75 Å². The monoisotopic (exact) mass is 295 g/mol. The zero-order chi connectivity index (χ0) is 14.9. The summed E-state index contributed by atoms with van der Waals surface area (Å²) in [6.07, 6.45) is 5.67. The van der Waals surface area contributed by atoms with E-state index in [-0.39, 0.29) is 0 Å². The number of fused-ring (bicyclic) bond motifs is 2. The molecular formula is C17H17N3O2. The van der Waals surface area contributed by atoms with Crippen molar-refractivity contribution < 1.29 is 9.94 Å². The summed E-state index contributed by atoms with van der Waals surface area (Å²) in [6, 6.07) is 9.95. The second-order valence-electron chi connectivity index (χ2n) is 5.49. The fourth-order valence-corrected chi connectivity index (χ4v) is 2.90. The SMILES string of the molecule is ON1CCN(c2ccnc3c2=COc2ccccc2C=3)CC1. The first-order valence-electron chi connectivity index (χ1n) is 7.43. The molecule has 2 aliphatic heterocycles. The molecule has 4 rings (SSSR count). The molecule has 1 aromatic heterocycles. The minimum Gasteiger partial charge on any atom is -0.464 e. The number of para-hydroxylation sites is 1. The number of anilines is 1. The maximum absolute atomic E-state index is 9.53. The highest BCUT2D eigenvalue weighted by Gasteiger charge is 2.17. The summed E-state index contributed by atoms with van der Waals surface area (Å²) in [5.41, 5.74) is 2.13. The van der Waals surface area contributed by atoms with Crippen molar-refractivity contribution in [3.05, 3.63) is 52.7 Å². The normalized spacial score (nSPS) is 17.4. The molecule has 0 amide bonds. The predicted octanol–water partition coefficient (Wildman–Crippen LogP) is 0.552. The molecule has 5 nitrogen and oxygen atoms in total. The number of hydrogen-bond acceptors (Lipinski definition) is 5. The van der Waals surface area contributed by atoms with Crippen molar-refractivity contribution in [2.75, 3.05) is 31.1 Å². The molecule has 1 N–H and O–H groups in total. The van der Waals surface area contributed by atoms with Crippen molar-refractivity contribution in [3.63, 3.8) is 0 Å². The number of pyridine rings is 1. The van der Waals surface area contributed by atoms with Gasteiger partial charge in [0, 0.05) is 37.9 Å². The molecule has 0 radical (unpaired) electrons. The van der Waals surface area contributed by atoms with Crippen LogP contribution in [0, 0.1) is 0 Å². The Bertz CT molecular complexity index is 811. The molecule has 2 aromatic rings. The van der Waals surface area contributed by atoms with E-state index in [0.717, 1.165) is 40.7 Å². The van der Waals surface area contributed by atoms with E-state index in [9.17, 15) is 5.21 Å². The summed E-state index contributed by atoms with van der Waals surface area (Å²) in [5, 5.41) is 12.8. The van der Waals surface area contributed by atoms with Gasteiger partial charge in [0.25, 0.3) is 0 Å². The lowest BCUT2D eigenvalue weighted by atomic mass is 10.1. The van der Waals surface area contributed by atoms with Crippen LogP contribution in [-0.4, -0.2) is 41.4 Å². The third kappa shape index (κ3) is 2.34. The van der Waals surface area contributed by atoms with E-state index in [0.29, 0.717) is 13.1 Å². The molecule has 0 unspecified atom stereocenters. The van der Waals surface area contributed by atoms with Crippen LogP contribution in [0.1, 0.15) is 5.56 Å². The maximum atomic E-state index is 9.53. The van der Waals surface area contributed by atoms with Gasteiger partial charge in [-0.2, -0.15) is 5.06 Å². The van der Waals surface area contributed by atoms with Crippen LogP contribution in [0.3, 0.4) is 0 Å². The van der Waals surface area contributed by atoms with E-state index in [4.69, 9.17) is 4.74 Å². The maximum Gasteiger partial charge on any atom is 0.133 e. The number of aromatic nitrogens is 1. The molecule has 0 atom stereocenters. The summed E-state index contributed by atoms with van der Waals surface area (Å²) < 4.78 is 5.84. The summed E-state index contributed by atoms with van der Waals surface area (Å²) in [7, 11) is 0. The summed E-state index contributed by atoms with van der Waals surface area (Å²) in [4.78, 5) is 6.76. The van der Waals surface area contributed by atoms with Gasteiger partial charge in [-0.05, 0) is 18.2 Å². The molecule has 3 heterocycles. The molecular weight excluding hydrogens is 278 g/mol. The molecule has 22 heavy (non-hydrogen) atoms. The highest BCUT2D eigenvalue weighted by atomic mass is 16.5. The molecule has 1 aromatic carbocycles. The minimum atomic E-state index is 0.641. The van der Waals surface area contributed by atoms with Crippen LogP contribution >= 0.6 is 0 Å². The zero-order valence-electron chi connectivity index (χ0n) is 12.1. The molecule has 5 heteroatoms. The van der Waals surface area contributed by atoms with Gasteiger partial charge in [0.2, 0.25) is 0 Å². The highest BCUT2D eigenvalue weighted by Crippen LogP contribution is 2.20. The number of ether oxygens (including phenoxy) is 1. The van der Waals surface area contributed by atoms with Crippen molar-refractivity contribution >= 4 is 18.0 Å². The molecule has 0 saturated carbocycles. The van der Waals surface area contributed by atoms with E-state index in [1.807, 2.05) is 36.5 Å². The van der Waals surface area contributed by atoms with E-state index in [1.165, 1.54) is 5.06 Å². The standard InChI is InChI=1S/C17H17N3O2/c21-20-9-7-19(8-10-20)16-5-6-18-15-11-13-3-1-2-4-17(13)22-12-14(15)16/h1-6,11-12,21H,7-10H2. The van der Waals surface area contributed by atoms with Gasteiger partial charge < -0.3 is 14.8 Å². The lowest BCUT2D eigenvalue weighted by Gasteiger charge is -2.32. The average Bonchev–Trinajstić information content (AvgIpc) is 2.74. The van der Waals surface area contributed by atoms with E-state index in [1.54, 1.807) is 6.26 Å². The third-order valence-corrected chi connectivity index (χ3v) is 4.11. The lowest BCUT2D eigenvalue weighted by molar-refractivity contribution is -0.0935. The van der Waals surface area contributed by atoms with Crippen LogP contribution in [-0.2, 0) is 0 Å². The van der Waals surface area contributed by atoms with Gasteiger partial charge in [-0.25, -0.2) is 0 Å². The molecule has 112 valence electrons. The second kappa shape index (κ2) is 5.44. The minimum absolute atomic E-state index is 0.641. The van der Waals surface area contributed by atoms with E-state index >= 15 is 0 Å². The number of hydrogen-bond donors (Lipinski definition) is 1. The molecule has 2 aliphatic rings. The Morgan fingerprint density at radius 3 is 2.73 bits per heavy atom. The van der Waals surface area contributed by atoms with Crippen molar-refractivity contribution in [2.24, 2.45) is 0 Å². The van der Waals surface area contributed by atoms with Crippen molar-refractivity contribution in [2.45, 2.75) is 0 Å². The Hall–Kier alpha value is -2.37. The number of nitrogens with zero attached hydrogens (tertiary/aromatic N) is 3. The van der Waals surface area contributed by atoms with Gasteiger partial charge in [-0.1, -0.05) is 18.2 Å². The van der Waals surface area contributed by atoms with Crippen molar-refractivity contribution in [1.82, 2.24) is 10.0 Å². The molecule has 0 bridgehead atoms. The average molecular weight is 295 g/mol. The number of rotatable bonds is 1. The molecule has 0 aliphatic carbocycles. The quantitative estimate of drug-likeness (QED) is 0.833. The number of hydroxylamine groups is 2. The Morgan fingerprint density at radius 1 is 1.05 bits per heavy atom. The van der Waals surface area contributed by atoms with Gasteiger partial charge in [-0.15, -0.1) is 0 Å². The smallest absolute Gasteiger partial charge is 0.133 e. The van der Waals surface area contributed by atoms with Crippen LogP contribution in [0.5, 0.6) is 5.75 Å². The number of piperazine rings is 1. The van der Waals surface area contributed by atoms with E-state index < -0.39 is 0 Å². The zero-order valence-corrected chi connectivity index (χ0v) is 12.1. The number of benzene rings is 1. The van der Waals surface area contributed by atoms with Crippen LogP contribution in [0.2, 0.25) is 0 Å². The van der Waals surface area contributed by atoms with Crippen LogP contribution in [0.4, 0.5) is 5.69 Å². The highest BCUT2D eigenvalue weighted by molar-refractivity contribution is 5.62.